The fourth-order valence-corrected chi connectivity index (χ4v) is 12.6. The van der Waals surface area contributed by atoms with Crippen LogP contribution in [-0.4, -0.2) is 96.7 Å². The number of unbranched alkanes of at least 4 members (excludes halogenated alkanes) is 36. The third-order valence-corrected chi connectivity index (χ3v) is 18.7. The molecule has 19 heteroatoms. The summed E-state index contributed by atoms with van der Waals surface area (Å²) in [6.45, 7) is 14.0. The average molecular weight is 1350 g/mol. The summed E-state index contributed by atoms with van der Waals surface area (Å²) < 4.78 is 68.3. The molecule has 0 saturated heterocycles. The number of carbonyl (C=O) groups excluding carboxylic acids is 4. The van der Waals surface area contributed by atoms with Gasteiger partial charge in [-0.1, -0.05) is 312 Å². The predicted molar refractivity (Wildman–Crippen MR) is 372 cm³/mol. The van der Waals surface area contributed by atoms with E-state index >= 15 is 0 Å². The fraction of sp³-hybridized carbons (Fsp3) is 0.945. The van der Waals surface area contributed by atoms with Crippen LogP contribution in [0.2, 0.25) is 0 Å². The molecule has 0 aromatic carbocycles. The van der Waals surface area contributed by atoms with Crippen LogP contribution < -0.4 is 0 Å². The molecule has 0 rings (SSSR count). The lowest BCUT2D eigenvalue weighted by molar-refractivity contribution is -0.161. The van der Waals surface area contributed by atoms with Gasteiger partial charge in [0.15, 0.2) is 12.2 Å². The molecule has 3 N–H and O–H groups in total. The standard InChI is InChI=1S/C73H142O17P2/c1-63(2)49-41-33-25-20-17-15-13-11-9-10-12-14-16-18-22-29-39-47-55-72(77)89-69(60-84-71(76)54-46-38-32-31-36-44-52-66(7)8)62-88-92(81,82)86-58-67(74)57-85-91(79,80)87-61-68(90-73(78)56-48-40-30-24-27-35-43-51-65(5)6)59-83-70(75)53-45-37-28-23-19-21-26-34-42-50-64(3)4/h63-69,74H,9-62H2,1-8H3,(H,79,80)(H,81,82)/t67?,68-,69-/m1/s1. The van der Waals surface area contributed by atoms with Crippen molar-refractivity contribution in [3.8, 4) is 0 Å². The molecule has 0 bridgehead atoms. The van der Waals surface area contributed by atoms with Gasteiger partial charge in [0.25, 0.3) is 0 Å². The van der Waals surface area contributed by atoms with Gasteiger partial charge in [-0.05, 0) is 49.4 Å². The molecule has 17 nitrogen and oxygen atoms in total. The summed E-state index contributed by atoms with van der Waals surface area (Å²) >= 11 is 0. The lowest BCUT2D eigenvalue weighted by Crippen LogP contribution is -2.30. The van der Waals surface area contributed by atoms with Crippen molar-refractivity contribution >= 4 is 39.5 Å². The number of aliphatic hydroxyl groups excluding tert-OH is 1. The molecule has 0 aliphatic heterocycles. The van der Waals surface area contributed by atoms with Gasteiger partial charge in [0, 0.05) is 25.7 Å². The van der Waals surface area contributed by atoms with E-state index in [0.717, 1.165) is 108 Å². The van der Waals surface area contributed by atoms with Crippen molar-refractivity contribution in [2.75, 3.05) is 39.6 Å². The van der Waals surface area contributed by atoms with Crippen molar-refractivity contribution < 1.29 is 80.2 Å². The predicted octanol–water partition coefficient (Wildman–Crippen LogP) is 20.9. The molecule has 92 heavy (non-hydrogen) atoms. The second-order valence-corrected chi connectivity index (χ2v) is 31.1. The molecule has 0 fully saturated rings. The number of aliphatic hydroxyl groups is 1. The van der Waals surface area contributed by atoms with E-state index in [0.29, 0.717) is 37.5 Å². The molecule has 3 unspecified atom stereocenters. The topological polar surface area (TPSA) is 237 Å². The Bertz CT molecular complexity index is 1820. The van der Waals surface area contributed by atoms with E-state index < -0.39 is 97.5 Å². The Hall–Kier alpha value is -1.94. The zero-order valence-electron chi connectivity index (χ0n) is 60.2. The Morgan fingerprint density at radius 1 is 0.272 bits per heavy atom. The quantitative estimate of drug-likeness (QED) is 0.0222. The summed E-state index contributed by atoms with van der Waals surface area (Å²) in [4.78, 5) is 72.5. The minimum Gasteiger partial charge on any atom is -0.462 e. The highest BCUT2D eigenvalue weighted by atomic mass is 31.2. The summed E-state index contributed by atoms with van der Waals surface area (Å²) in [5.74, 6) is 0.809. The molecule has 0 radical (unpaired) electrons. The first-order chi connectivity index (χ1) is 44.1. The molecular formula is C73H142O17P2. The van der Waals surface area contributed by atoms with Crippen LogP contribution in [0, 0.1) is 23.7 Å². The highest BCUT2D eigenvalue weighted by molar-refractivity contribution is 7.47. The monoisotopic (exact) mass is 1350 g/mol. The first kappa shape index (κ1) is 90.1. The maximum absolute atomic E-state index is 13.0. The molecule has 0 spiro atoms. The molecule has 0 heterocycles. The fourth-order valence-electron chi connectivity index (χ4n) is 11.0. The smallest absolute Gasteiger partial charge is 0.462 e. The van der Waals surface area contributed by atoms with Gasteiger partial charge in [0.05, 0.1) is 26.4 Å². The average Bonchev–Trinajstić information content (AvgIpc) is 2.97. The van der Waals surface area contributed by atoms with E-state index in [1.165, 1.54) is 161 Å². The van der Waals surface area contributed by atoms with Gasteiger partial charge in [0.2, 0.25) is 0 Å². The minimum absolute atomic E-state index is 0.103. The third kappa shape index (κ3) is 66.7. The van der Waals surface area contributed by atoms with Crippen molar-refractivity contribution in [2.24, 2.45) is 23.7 Å². The van der Waals surface area contributed by atoms with Crippen molar-refractivity contribution in [1.29, 1.82) is 0 Å². The van der Waals surface area contributed by atoms with Crippen molar-refractivity contribution in [1.82, 2.24) is 0 Å². The maximum atomic E-state index is 13.0. The summed E-state index contributed by atoms with van der Waals surface area (Å²) in [5.41, 5.74) is 0. The van der Waals surface area contributed by atoms with E-state index in [9.17, 15) is 43.2 Å². The number of phosphoric ester groups is 2. The molecule has 0 saturated carbocycles. The van der Waals surface area contributed by atoms with Crippen LogP contribution in [0.25, 0.3) is 0 Å². The van der Waals surface area contributed by atoms with E-state index in [1.54, 1.807) is 0 Å². The van der Waals surface area contributed by atoms with Gasteiger partial charge in [0.1, 0.15) is 19.3 Å². The third-order valence-electron chi connectivity index (χ3n) is 16.8. The van der Waals surface area contributed by atoms with Crippen LogP contribution in [0.5, 0.6) is 0 Å². The molecule has 546 valence electrons. The normalized spacial score (nSPS) is 14.2. The van der Waals surface area contributed by atoms with Crippen LogP contribution in [0.15, 0.2) is 0 Å². The molecule has 0 amide bonds. The van der Waals surface area contributed by atoms with Crippen LogP contribution in [0.4, 0.5) is 0 Å². The minimum atomic E-state index is -4.95. The first-order valence-electron chi connectivity index (χ1n) is 37.7. The van der Waals surface area contributed by atoms with Crippen LogP contribution in [0.3, 0.4) is 0 Å². The Labute approximate surface area is 562 Å². The largest absolute Gasteiger partial charge is 0.472 e. The lowest BCUT2D eigenvalue weighted by Gasteiger charge is -2.21. The van der Waals surface area contributed by atoms with Gasteiger partial charge < -0.3 is 33.8 Å². The van der Waals surface area contributed by atoms with Crippen LogP contribution in [0.1, 0.15) is 364 Å². The summed E-state index contributed by atoms with van der Waals surface area (Å²) in [6.07, 6.45) is 46.3. The van der Waals surface area contributed by atoms with Gasteiger partial charge in [-0.15, -0.1) is 0 Å². The SMILES string of the molecule is CC(C)CCCCCCCCCCCCCCCCCCCCC(=O)O[C@H](COC(=O)CCCCCCCCC(C)C)COP(=O)(O)OCC(O)COP(=O)(O)OC[C@@H](COC(=O)CCCCCCCCCCCC(C)C)OC(=O)CCCCCCCCCC(C)C. The highest BCUT2D eigenvalue weighted by Gasteiger charge is 2.30. The summed E-state index contributed by atoms with van der Waals surface area (Å²) in [5, 5.41) is 10.6. The number of hydrogen-bond donors (Lipinski definition) is 3. The second-order valence-electron chi connectivity index (χ2n) is 28.2. The zero-order valence-corrected chi connectivity index (χ0v) is 62.0. The number of rotatable bonds is 70. The molecule has 5 atom stereocenters. The number of ether oxygens (including phenoxy) is 4. The van der Waals surface area contributed by atoms with E-state index in [-0.39, 0.29) is 25.7 Å². The number of esters is 4. The summed E-state index contributed by atoms with van der Waals surface area (Å²) in [7, 11) is -9.90. The Morgan fingerprint density at radius 3 is 0.674 bits per heavy atom. The van der Waals surface area contributed by atoms with Crippen molar-refractivity contribution in [3.05, 3.63) is 0 Å². The molecule has 0 aliphatic rings. The number of hydrogen-bond acceptors (Lipinski definition) is 15. The van der Waals surface area contributed by atoms with Gasteiger partial charge in [-0.3, -0.25) is 37.3 Å². The molecular weight excluding hydrogens is 1210 g/mol. The van der Waals surface area contributed by atoms with Gasteiger partial charge in [-0.2, -0.15) is 0 Å². The van der Waals surface area contributed by atoms with Crippen molar-refractivity contribution in [3.63, 3.8) is 0 Å². The van der Waals surface area contributed by atoms with E-state index in [2.05, 4.69) is 55.4 Å². The summed E-state index contributed by atoms with van der Waals surface area (Å²) in [6, 6.07) is 0. The first-order valence-corrected chi connectivity index (χ1v) is 40.7. The maximum Gasteiger partial charge on any atom is 0.472 e. The Balaban J connectivity index is 5.15. The molecule has 0 aromatic heterocycles. The molecule has 0 aliphatic carbocycles. The van der Waals surface area contributed by atoms with E-state index in [4.69, 9.17) is 37.0 Å². The highest BCUT2D eigenvalue weighted by Crippen LogP contribution is 2.45. The molecule has 0 aromatic rings. The Morgan fingerprint density at radius 2 is 0.457 bits per heavy atom. The number of carbonyl (C=O) groups is 4. The van der Waals surface area contributed by atoms with Gasteiger partial charge >= 0.3 is 39.5 Å². The lowest BCUT2D eigenvalue weighted by atomic mass is 10.0. The van der Waals surface area contributed by atoms with Crippen molar-refractivity contribution in [2.45, 2.75) is 382 Å². The van der Waals surface area contributed by atoms with E-state index in [1.807, 2.05) is 0 Å². The van der Waals surface area contributed by atoms with Crippen LogP contribution >= 0.6 is 15.6 Å². The number of phosphoric acid groups is 2. The zero-order chi connectivity index (χ0) is 68.2. The second kappa shape index (κ2) is 62.6. The van der Waals surface area contributed by atoms with Crippen LogP contribution in [-0.2, 0) is 65.4 Å². The Kier molecular flexibility index (Phi) is 61.3. The van der Waals surface area contributed by atoms with Gasteiger partial charge in [-0.25, -0.2) is 9.13 Å².